The predicted octanol–water partition coefficient (Wildman–Crippen LogP) is 6.22. The second-order valence-corrected chi connectivity index (χ2v) is 11.7. The Morgan fingerprint density at radius 2 is 1.78 bits per heavy atom. The van der Waals surface area contributed by atoms with Crippen LogP contribution in [-0.2, 0) is 9.53 Å². The van der Waals surface area contributed by atoms with Crippen LogP contribution in [0.5, 0.6) is 5.75 Å². The molecular formula is C33H31BrN2O4S. The van der Waals surface area contributed by atoms with Gasteiger partial charge in [-0.05, 0) is 70.6 Å². The Hall–Kier alpha value is -3.75. The van der Waals surface area contributed by atoms with E-state index < -0.39 is 12.0 Å². The highest BCUT2D eigenvalue weighted by Crippen LogP contribution is 2.35. The van der Waals surface area contributed by atoms with Gasteiger partial charge >= 0.3 is 5.97 Å². The van der Waals surface area contributed by atoms with Crippen molar-refractivity contribution in [3.05, 3.63) is 125 Å². The van der Waals surface area contributed by atoms with Gasteiger partial charge in [-0.15, -0.1) is 0 Å². The highest BCUT2D eigenvalue weighted by Gasteiger charge is 2.35. The number of rotatable bonds is 8. The summed E-state index contributed by atoms with van der Waals surface area (Å²) in [7, 11) is 0. The van der Waals surface area contributed by atoms with Crippen LogP contribution in [0.25, 0.3) is 11.8 Å². The van der Waals surface area contributed by atoms with Gasteiger partial charge in [0.05, 0.1) is 39.5 Å². The van der Waals surface area contributed by atoms with Crippen LogP contribution < -0.4 is 19.6 Å². The van der Waals surface area contributed by atoms with Gasteiger partial charge in [0, 0.05) is 5.56 Å². The van der Waals surface area contributed by atoms with E-state index in [1.165, 1.54) is 16.9 Å². The third kappa shape index (κ3) is 5.85. The summed E-state index contributed by atoms with van der Waals surface area (Å²) in [5.74, 6) is 0.597. The maximum absolute atomic E-state index is 14.1. The second-order valence-electron chi connectivity index (χ2n) is 9.88. The fraction of sp³-hybridized carbons (Fsp3) is 0.242. The quantitative estimate of drug-likeness (QED) is 0.217. The van der Waals surface area contributed by atoms with Crippen molar-refractivity contribution in [2.24, 2.45) is 4.99 Å². The number of thiazole rings is 1. The van der Waals surface area contributed by atoms with Crippen LogP contribution in [0.15, 0.2) is 92.6 Å². The predicted molar refractivity (Wildman–Crippen MR) is 167 cm³/mol. The Kier molecular flexibility index (Phi) is 8.71. The number of nitrogens with zero attached hydrogens (tertiary/aromatic N) is 2. The first-order chi connectivity index (χ1) is 19.8. The van der Waals surface area contributed by atoms with E-state index in [-0.39, 0.29) is 12.2 Å². The van der Waals surface area contributed by atoms with E-state index in [0.29, 0.717) is 33.1 Å². The van der Waals surface area contributed by atoms with Gasteiger partial charge in [-0.25, -0.2) is 9.79 Å². The van der Waals surface area contributed by atoms with Crippen molar-refractivity contribution in [1.29, 1.82) is 0 Å². The molecule has 4 aromatic rings. The Morgan fingerprint density at radius 1 is 1.05 bits per heavy atom. The fourth-order valence-electron chi connectivity index (χ4n) is 4.85. The zero-order valence-electron chi connectivity index (χ0n) is 23.4. The molecule has 0 bridgehead atoms. The average Bonchev–Trinajstić information content (AvgIpc) is 3.28. The molecule has 1 aliphatic rings. The summed E-state index contributed by atoms with van der Waals surface area (Å²) in [5.41, 5.74) is 4.26. The summed E-state index contributed by atoms with van der Waals surface area (Å²) in [6.07, 6.45) is 1.85. The van der Waals surface area contributed by atoms with E-state index >= 15 is 0 Å². The molecule has 0 N–H and O–H groups in total. The minimum atomic E-state index is -0.698. The van der Waals surface area contributed by atoms with Crippen molar-refractivity contribution in [2.45, 2.75) is 39.7 Å². The molecule has 0 unspecified atom stereocenters. The van der Waals surface area contributed by atoms with Gasteiger partial charge < -0.3 is 9.47 Å². The average molecular weight is 632 g/mol. The van der Waals surface area contributed by atoms with E-state index in [0.717, 1.165) is 26.9 Å². The largest absolute Gasteiger partial charge is 0.493 e. The summed E-state index contributed by atoms with van der Waals surface area (Å²) in [4.78, 5) is 33.1. The summed E-state index contributed by atoms with van der Waals surface area (Å²) in [5, 5.41) is 0. The molecule has 3 aromatic carbocycles. The number of benzene rings is 3. The van der Waals surface area contributed by atoms with Gasteiger partial charge in [-0.3, -0.25) is 9.36 Å². The lowest BCUT2D eigenvalue weighted by Gasteiger charge is -2.26. The molecular weight excluding hydrogens is 600 g/mol. The molecule has 1 aromatic heterocycles. The third-order valence-electron chi connectivity index (χ3n) is 6.85. The zero-order chi connectivity index (χ0) is 29.1. The van der Waals surface area contributed by atoms with Gasteiger partial charge in [0.2, 0.25) is 0 Å². The van der Waals surface area contributed by atoms with Crippen LogP contribution in [0.3, 0.4) is 0 Å². The van der Waals surface area contributed by atoms with Crippen molar-refractivity contribution in [3.63, 3.8) is 0 Å². The molecule has 0 amide bonds. The van der Waals surface area contributed by atoms with Crippen LogP contribution in [0.1, 0.15) is 61.9 Å². The molecule has 0 fully saturated rings. The molecule has 1 aliphatic heterocycles. The Morgan fingerprint density at radius 3 is 2.41 bits per heavy atom. The maximum Gasteiger partial charge on any atom is 0.338 e. The van der Waals surface area contributed by atoms with Gasteiger partial charge in [0.15, 0.2) is 4.80 Å². The van der Waals surface area contributed by atoms with E-state index in [1.54, 1.807) is 11.5 Å². The Balaban J connectivity index is 1.77. The first-order valence-corrected chi connectivity index (χ1v) is 15.2. The highest BCUT2D eigenvalue weighted by molar-refractivity contribution is 9.10. The molecule has 0 aliphatic carbocycles. The zero-order valence-corrected chi connectivity index (χ0v) is 25.8. The monoisotopic (exact) mass is 630 g/mol. The smallest absolute Gasteiger partial charge is 0.338 e. The van der Waals surface area contributed by atoms with Gasteiger partial charge in [0.1, 0.15) is 5.75 Å². The van der Waals surface area contributed by atoms with Crippen molar-refractivity contribution in [2.75, 3.05) is 13.2 Å². The standard InChI is InChI=1S/C33H31BrN2O4S/c1-5-39-26-17-12-21(18-25(26)34)19-27-31(37)36-30(24-15-13-22(14-16-24)20(3)4)28(32(38)40-6-2)29(35-33(36)41-27)23-10-8-7-9-11-23/h7-20,30H,5-6H2,1-4H3/b27-19-/t30-/m1/s1. The number of esters is 1. The van der Waals surface area contributed by atoms with Gasteiger partial charge in [0.25, 0.3) is 5.56 Å². The number of carbonyl (C=O) groups is 1. The number of halogens is 1. The number of fused-ring (bicyclic) bond motifs is 1. The van der Waals surface area contributed by atoms with Crippen molar-refractivity contribution < 1.29 is 14.3 Å². The van der Waals surface area contributed by atoms with Crippen LogP contribution in [-0.4, -0.2) is 23.8 Å². The van der Waals surface area contributed by atoms with Crippen LogP contribution in [0, 0.1) is 0 Å². The van der Waals surface area contributed by atoms with Gasteiger partial charge in [-0.2, -0.15) is 0 Å². The normalized spacial score (nSPS) is 15.1. The molecule has 8 heteroatoms. The molecule has 1 atom stereocenters. The van der Waals surface area contributed by atoms with Crippen molar-refractivity contribution in [3.8, 4) is 5.75 Å². The lowest BCUT2D eigenvalue weighted by Crippen LogP contribution is -2.40. The molecule has 6 nitrogen and oxygen atoms in total. The summed E-state index contributed by atoms with van der Waals surface area (Å²) < 4.78 is 14.1. The highest BCUT2D eigenvalue weighted by atomic mass is 79.9. The number of hydrogen-bond acceptors (Lipinski definition) is 6. The van der Waals surface area contributed by atoms with Crippen LogP contribution in [0.4, 0.5) is 0 Å². The molecule has 41 heavy (non-hydrogen) atoms. The molecule has 0 spiro atoms. The van der Waals surface area contributed by atoms with Crippen LogP contribution >= 0.6 is 27.3 Å². The molecule has 0 radical (unpaired) electrons. The first-order valence-electron chi connectivity index (χ1n) is 13.6. The molecule has 2 heterocycles. The summed E-state index contributed by atoms with van der Waals surface area (Å²) in [6, 6.07) is 22.7. The molecule has 0 saturated carbocycles. The van der Waals surface area contributed by atoms with Crippen LogP contribution in [0.2, 0.25) is 0 Å². The molecule has 210 valence electrons. The van der Waals surface area contributed by atoms with E-state index in [9.17, 15) is 9.59 Å². The second kappa shape index (κ2) is 12.4. The summed E-state index contributed by atoms with van der Waals surface area (Å²) >= 11 is 4.87. The third-order valence-corrected chi connectivity index (χ3v) is 8.45. The fourth-order valence-corrected chi connectivity index (χ4v) is 6.36. The maximum atomic E-state index is 14.1. The summed E-state index contributed by atoms with van der Waals surface area (Å²) in [6.45, 7) is 8.74. The Labute approximate surface area is 251 Å². The van der Waals surface area contributed by atoms with E-state index in [1.807, 2.05) is 73.7 Å². The minimum absolute atomic E-state index is 0.209. The van der Waals surface area contributed by atoms with Gasteiger partial charge in [-0.1, -0.05) is 85.8 Å². The number of hydrogen-bond donors (Lipinski definition) is 0. The molecule has 0 saturated heterocycles. The number of carbonyl (C=O) groups excluding carboxylic acids is 1. The lowest BCUT2D eigenvalue weighted by atomic mass is 9.91. The van der Waals surface area contributed by atoms with E-state index in [4.69, 9.17) is 14.5 Å². The first kappa shape index (κ1) is 28.8. The topological polar surface area (TPSA) is 69.9 Å². The van der Waals surface area contributed by atoms with Crippen molar-refractivity contribution >= 4 is 45.0 Å². The molecule has 5 rings (SSSR count). The SMILES string of the molecule is CCOC(=O)C1=C(c2ccccc2)N=c2s/c(=C\c3ccc(OCC)c(Br)c3)c(=O)n2[C@@H]1c1ccc(C(C)C)cc1. The lowest BCUT2D eigenvalue weighted by molar-refractivity contribution is -0.138. The number of ether oxygens (including phenoxy) is 2. The van der Waals surface area contributed by atoms with E-state index in [2.05, 4.69) is 41.9 Å². The van der Waals surface area contributed by atoms with Crippen molar-refractivity contribution in [1.82, 2.24) is 4.57 Å². The Bertz CT molecular complexity index is 1790. The number of aromatic nitrogens is 1. The minimum Gasteiger partial charge on any atom is -0.493 e.